The fourth-order valence-corrected chi connectivity index (χ4v) is 1.71. The Hall–Kier alpha value is -0.970. The fraction of sp³-hybridized carbons (Fsp3) is 0.500. The van der Waals surface area contributed by atoms with Crippen molar-refractivity contribution < 1.29 is 14.3 Å². The summed E-state index contributed by atoms with van der Waals surface area (Å²) in [6.45, 7) is 2.80. The molecule has 0 saturated carbocycles. The van der Waals surface area contributed by atoms with Crippen LogP contribution in [0.3, 0.4) is 0 Å². The van der Waals surface area contributed by atoms with Crippen LogP contribution in [0.25, 0.3) is 0 Å². The lowest BCUT2D eigenvalue weighted by Gasteiger charge is -2.08. The lowest BCUT2D eigenvalue weighted by Crippen LogP contribution is -2.07. The fourth-order valence-electron chi connectivity index (χ4n) is 0.813. The van der Waals surface area contributed by atoms with Gasteiger partial charge in [-0.3, -0.25) is 4.79 Å². The normalized spacial score (nSPS) is 11.6. The molecule has 1 heterocycles. The number of thiazole rings is 1. The van der Waals surface area contributed by atoms with Gasteiger partial charge in [-0.2, -0.15) is 0 Å². The number of hydrogen-bond donors (Lipinski definition) is 1. The SMILES string of the molecule is CC(C)(F)c1ncc(CC(=O)O)s1. The van der Waals surface area contributed by atoms with E-state index >= 15 is 0 Å². The summed E-state index contributed by atoms with van der Waals surface area (Å²) in [7, 11) is 0. The van der Waals surface area contributed by atoms with Crippen LogP contribution in [-0.4, -0.2) is 16.1 Å². The third kappa shape index (κ3) is 2.77. The molecule has 5 heteroatoms. The van der Waals surface area contributed by atoms with E-state index in [9.17, 15) is 9.18 Å². The van der Waals surface area contributed by atoms with Crippen molar-refractivity contribution in [3.8, 4) is 0 Å². The van der Waals surface area contributed by atoms with E-state index in [0.29, 0.717) is 9.88 Å². The number of aromatic nitrogens is 1. The minimum atomic E-state index is -1.48. The Morgan fingerprint density at radius 3 is 2.77 bits per heavy atom. The number of alkyl halides is 1. The van der Waals surface area contributed by atoms with Crippen LogP contribution in [0.4, 0.5) is 4.39 Å². The van der Waals surface area contributed by atoms with Crippen LogP contribution < -0.4 is 0 Å². The zero-order chi connectivity index (χ0) is 10.1. The molecular weight excluding hydrogens is 193 g/mol. The Bertz CT molecular complexity index is 316. The number of carboxylic acids is 1. The Morgan fingerprint density at radius 1 is 1.77 bits per heavy atom. The van der Waals surface area contributed by atoms with E-state index in [1.165, 1.54) is 20.0 Å². The predicted molar refractivity (Wildman–Crippen MR) is 47.6 cm³/mol. The van der Waals surface area contributed by atoms with E-state index < -0.39 is 11.6 Å². The maximum atomic E-state index is 13.3. The maximum absolute atomic E-state index is 13.3. The minimum Gasteiger partial charge on any atom is -0.481 e. The second kappa shape index (κ2) is 3.41. The summed E-state index contributed by atoms with van der Waals surface area (Å²) in [5.41, 5.74) is -1.48. The first kappa shape index (κ1) is 10.1. The molecule has 3 nitrogen and oxygen atoms in total. The van der Waals surface area contributed by atoms with Gasteiger partial charge >= 0.3 is 5.97 Å². The quantitative estimate of drug-likeness (QED) is 0.817. The minimum absolute atomic E-state index is 0.0895. The predicted octanol–water partition coefficient (Wildman–Crippen LogP) is 1.97. The number of carboxylic acid groups (broad SMARTS) is 1. The molecule has 0 spiro atoms. The van der Waals surface area contributed by atoms with E-state index in [1.54, 1.807) is 0 Å². The number of hydrogen-bond acceptors (Lipinski definition) is 3. The van der Waals surface area contributed by atoms with Crippen molar-refractivity contribution in [3.63, 3.8) is 0 Å². The monoisotopic (exact) mass is 203 g/mol. The molecule has 72 valence electrons. The summed E-state index contributed by atoms with van der Waals surface area (Å²) >= 11 is 1.10. The van der Waals surface area contributed by atoms with Crippen molar-refractivity contribution in [2.75, 3.05) is 0 Å². The molecule has 0 amide bonds. The van der Waals surface area contributed by atoms with E-state index in [4.69, 9.17) is 5.11 Å². The first-order valence-corrected chi connectivity index (χ1v) is 4.57. The van der Waals surface area contributed by atoms with Gasteiger partial charge in [-0.25, -0.2) is 9.37 Å². The molecular formula is C8H10FNO2S. The van der Waals surface area contributed by atoms with Gasteiger partial charge in [0.1, 0.15) is 5.01 Å². The molecule has 0 aliphatic heterocycles. The summed E-state index contributed by atoms with van der Waals surface area (Å²) in [6.07, 6.45) is 1.32. The molecule has 0 aliphatic carbocycles. The van der Waals surface area contributed by atoms with Crippen molar-refractivity contribution >= 4 is 17.3 Å². The zero-order valence-electron chi connectivity index (χ0n) is 7.37. The van der Waals surface area contributed by atoms with Crippen LogP contribution in [-0.2, 0) is 16.9 Å². The molecule has 1 rings (SSSR count). The van der Waals surface area contributed by atoms with Crippen LogP contribution >= 0.6 is 11.3 Å². The Kier molecular flexibility index (Phi) is 2.66. The Morgan fingerprint density at radius 2 is 2.38 bits per heavy atom. The highest BCUT2D eigenvalue weighted by Crippen LogP contribution is 2.28. The number of rotatable bonds is 3. The average molecular weight is 203 g/mol. The van der Waals surface area contributed by atoms with Gasteiger partial charge < -0.3 is 5.11 Å². The van der Waals surface area contributed by atoms with Crippen molar-refractivity contribution in [3.05, 3.63) is 16.1 Å². The second-order valence-electron chi connectivity index (χ2n) is 3.17. The largest absolute Gasteiger partial charge is 0.481 e. The zero-order valence-corrected chi connectivity index (χ0v) is 8.19. The molecule has 1 aromatic rings. The van der Waals surface area contributed by atoms with Gasteiger partial charge in [0.25, 0.3) is 0 Å². The molecule has 13 heavy (non-hydrogen) atoms. The van der Waals surface area contributed by atoms with Gasteiger partial charge in [-0.05, 0) is 13.8 Å². The molecule has 1 N–H and O–H groups in total. The molecule has 0 unspecified atom stereocenters. The van der Waals surface area contributed by atoms with Gasteiger partial charge in [0.05, 0.1) is 6.42 Å². The number of carbonyl (C=O) groups is 1. The maximum Gasteiger partial charge on any atom is 0.308 e. The molecule has 0 radical (unpaired) electrons. The molecule has 1 aromatic heterocycles. The van der Waals surface area contributed by atoms with Crippen LogP contribution in [0.1, 0.15) is 23.7 Å². The first-order valence-electron chi connectivity index (χ1n) is 3.75. The van der Waals surface area contributed by atoms with Crippen molar-refractivity contribution in [2.45, 2.75) is 25.9 Å². The molecule has 0 aliphatic rings. The highest BCUT2D eigenvalue weighted by atomic mass is 32.1. The van der Waals surface area contributed by atoms with Gasteiger partial charge in [0.2, 0.25) is 0 Å². The lowest BCUT2D eigenvalue weighted by molar-refractivity contribution is -0.136. The third-order valence-corrected chi connectivity index (χ3v) is 2.68. The van der Waals surface area contributed by atoms with E-state index in [0.717, 1.165) is 11.3 Å². The van der Waals surface area contributed by atoms with Crippen molar-refractivity contribution in [1.82, 2.24) is 4.98 Å². The summed E-state index contributed by atoms with van der Waals surface area (Å²) in [5, 5.41) is 8.79. The molecule has 0 atom stereocenters. The van der Waals surface area contributed by atoms with Gasteiger partial charge in [0.15, 0.2) is 5.67 Å². The van der Waals surface area contributed by atoms with E-state index in [2.05, 4.69) is 4.98 Å². The average Bonchev–Trinajstić information content (AvgIpc) is 2.32. The summed E-state index contributed by atoms with van der Waals surface area (Å²) in [6, 6.07) is 0. The molecule has 0 bridgehead atoms. The number of halogens is 1. The highest BCUT2D eigenvalue weighted by Gasteiger charge is 2.23. The molecule has 0 aromatic carbocycles. The van der Waals surface area contributed by atoms with E-state index in [-0.39, 0.29) is 6.42 Å². The topological polar surface area (TPSA) is 50.2 Å². The van der Waals surface area contributed by atoms with Gasteiger partial charge in [-0.15, -0.1) is 11.3 Å². The van der Waals surface area contributed by atoms with Gasteiger partial charge in [-0.1, -0.05) is 0 Å². The smallest absolute Gasteiger partial charge is 0.308 e. The standard InChI is InChI=1S/C8H10FNO2S/c1-8(2,9)7-10-4-5(13-7)3-6(11)12/h4H,3H2,1-2H3,(H,11,12). The summed E-state index contributed by atoms with van der Waals surface area (Å²) in [4.78, 5) is 14.7. The van der Waals surface area contributed by atoms with E-state index in [1.807, 2.05) is 0 Å². The van der Waals surface area contributed by atoms with Crippen molar-refractivity contribution in [2.24, 2.45) is 0 Å². The van der Waals surface area contributed by atoms with Gasteiger partial charge in [0, 0.05) is 11.1 Å². The van der Waals surface area contributed by atoms with Crippen LogP contribution in [0.2, 0.25) is 0 Å². The lowest BCUT2D eigenvalue weighted by atomic mass is 10.2. The summed E-state index contributed by atoms with van der Waals surface area (Å²) < 4.78 is 13.3. The second-order valence-corrected chi connectivity index (χ2v) is 4.29. The van der Waals surface area contributed by atoms with Crippen LogP contribution in [0.15, 0.2) is 6.20 Å². The summed E-state index contributed by atoms with van der Waals surface area (Å²) in [5.74, 6) is -0.924. The molecule has 0 saturated heterocycles. The molecule has 0 fully saturated rings. The Balaban J connectivity index is 2.81. The third-order valence-electron chi connectivity index (χ3n) is 1.39. The first-order chi connectivity index (χ1) is 5.89. The number of aliphatic carboxylic acids is 1. The van der Waals surface area contributed by atoms with Crippen LogP contribution in [0.5, 0.6) is 0 Å². The van der Waals surface area contributed by atoms with Crippen LogP contribution in [0, 0.1) is 0 Å². The Labute approximate surface area is 79.2 Å². The number of nitrogens with zero attached hydrogens (tertiary/aromatic N) is 1. The highest BCUT2D eigenvalue weighted by molar-refractivity contribution is 7.11. The van der Waals surface area contributed by atoms with Crippen molar-refractivity contribution in [1.29, 1.82) is 0 Å².